The number of piperazine rings is 1. The van der Waals surface area contributed by atoms with Crippen LogP contribution in [0.5, 0.6) is 0 Å². The number of aromatic amines is 1. The van der Waals surface area contributed by atoms with Crippen LogP contribution in [0.2, 0.25) is 0 Å². The summed E-state index contributed by atoms with van der Waals surface area (Å²) < 4.78 is 0. The third kappa shape index (κ3) is 2.34. The Labute approximate surface area is 117 Å². The number of nitrogens with zero attached hydrogens (tertiary/aromatic N) is 2. The van der Waals surface area contributed by atoms with Crippen LogP contribution in [0.15, 0.2) is 24.3 Å². The number of H-pyrrole nitrogens is 1. The van der Waals surface area contributed by atoms with E-state index in [1.165, 1.54) is 0 Å². The Kier molecular flexibility index (Phi) is 3.56. The van der Waals surface area contributed by atoms with Gasteiger partial charge in [-0.05, 0) is 19.1 Å². The Hall–Kier alpha value is -2.08. The van der Waals surface area contributed by atoms with E-state index in [0.717, 1.165) is 30.1 Å². The van der Waals surface area contributed by atoms with Crippen molar-refractivity contribution in [3.63, 3.8) is 0 Å². The van der Waals surface area contributed by atoms with Crippen molar-refractivity contribution in [3.05, 3.63) is 24.3 Å². The number of amides is 1. The van der Waals surface area contributed by atoms with Crippen LogP contribution >= 0.6 is 0 Å². The minimum absolute atomic E-state index is 0.0418. The molecule has 6 nitrogen and oxygen atoms in total. The number of imidazole rings is 1. The lowest BCUT2D eigenvalue weighted by Crippen LogP contribution is -2.58. The first kappa shape index (κ1) is 12.9. The highest BCUT2D eigenvalue weighted by Gasteiger charge is 2.30. The Bertz CT molecular complexity index is 575. The number of anilines is 1. The predicted octanol–water partition coefficient (Wildman–Crippen LogP) is 0.477. The second-order valence-electron chi connectivity index (χ2n) is 4.89. The van der Waals surface area contributed by atoms with Gasteiger partial charge in [0, 0.05) is 26.2 Å². The van der Waals surface area contributed by atoms with Crippen LogP contribution in [0, 0.1) is 0 Å². The zero-order chi connectivity index (χ0) is 13.9. The molecule has 0 saturated carbocycles. The molecule has 1 unspecified atom stereocenters. The Balaban J connectivity index is 1.90. The van der Waals surface area contributed by atoms with Crippen LogP contribution in [0.25, 0.3) is 11.0 Å². The molecule has 3 N–H and O–H groups in total. The van der Waals surface area contributed by atoms with Gasteiger partial charge in [-0.15, -0.1) is 0 Å². The molecule has 3 rings (SSSR count). The minimum atomic E-state index is -0.218. The lowest BCUT2D eigenvalue weighted by molar-refractivity contribution is -0.122. The summed E-state index contributed by atoms with van der Waals surface area (Å²) in [6, 6.07) is 7.69. The highest BCUT2D eigenvalue weighted by molar-refractivity contribution is 5.86. The van der Waals surface area contributed by atoms with E-state index >= 15 is 0 Å². The molecule has 20 heavy (non-hydrogen) atoms. The SMILES string of the molecule is CCNC(=O)C1CNCCN1c1nc2ccccc2[nH]1. The lowest BCUT2D eigenvalue weighted by Gasteiger charge is -2.34. The van der Waals surface area contributed by atoms with Crippen LogP contribution in [0.3, 0.4) is 0 Å². The zero-order valence-corrected chi connectivity index (χ0v) is 11.5. The molecule has 2 heterocycles. The number of carbonyl (C=O) groups is 1. The summed E-state index contributed by atoms with van der Waals surface area (Å²) in [7, 11) is 0. The van der Waals surface area contributed by atoms with Gasteiger partial charge >= 0.3 is 0 Å². The molecule has 1 atom stereocenters. The van der Waals surface area contributed by atoms with Gasteiger partial charge in [-0.3, -0.25) is 4.79 Å². The number of hydrogen-bond donors (Lipinski definition) is 3. The number of hydrogen-bond acceptors (Lipinski definition) is 4. The molecule has 1 saturated heterocycles. The van der Waals surface area contributed by atoms with Crippen LogP contribution < -0.4 is 15.5 Å². The van der Waals surface area contributed by atoms with Gasteiger partial charge in [0.25, 0.3) is 0 Å². The molecule has 1 aromatic carbocycles. The maximum absolute atomic E-state index is 12.2. The molecule has 1 amide bonds. The number of rotatable bonds is 3. The highest BCUT2D eigenvalue weighted by Crippen LogP contribution is 2.19. The van der Waals surface area contributed by atoms with Crippen molar-refractivity contribution in [1.29, 1.82) is 0 Å². The smallest absolute Gasteiger partial charge is 0.244 e. The van der Waals surface area contributed by atoms with Crippen LogP contribution in [0.1, 0.15) is 6.92 Å². The van der Waals surface area contributed by atoms with Crippen molar-refractivity contribution >= 4 is 22.9 Å². The number of para-hydroxylation sites is 2. The molecule has 106 valence electrons. The molecule has 1 aliphatic heterocycles. The molecular formula is C14H19N5O. The molecule has 2 aromatic rings. The number of aromatic nitrogens is 2. The van der Waals surface area contributed by atoms with Crippen LogP contribution in [-0.4, -0.2) is 48.1 Å². The highest BCUT2D eigenvalue weighted by atomic mass is 16.2. The maximum Gasteiger partial charge on any atom is 0.244 e. The van der Waals surface area contributed by atoms with Gasteiger partial charge in [-0.2, -0.15) is 0 Å². The van der Waals surface area contributed by atoms with E-state index in [0.29, 0.717) is 13.1 Å². The monoisotopic (exact) mass is 273 g/mol. The molecule has 0 bridgehead atoms. The number of fused-ring (bicyclic) bond motifs is 1. The number of benzene rings is 1. The molecule has 1 aromatic heterocycles. The average Bonchev–Trinajstić information content (AvgIpc) is 2.91. The molecule has 6 heteroatoms. The normalized spacial score (nSPS) is 19.2. The number of nitrogens with one attached hydrogen (secondary N) is 3. The summed E-state index contributed by atoms with van der Waals surface area (Å²) in [5.41, 5.74) is 1.92. The fourth-order valence-corrected chi connectivity index (χ4v) is 2.56. The number of carbonyl (C=O) groups excluding carboxylic acids is 1. The van der Waals surface area contributed by atoms with E-state index in [-0.39, 0.29) is 11.9 Å². The predicted molar refractivity (Wildman–Crippen MR) is 78.8 cm³/mol. The topological polar surface area (TPSA) is 73.1 Å². The summed E-state index contributed by atoms with van der Waals surface area (Å²) in [5, 5.41) is 6.15. The first-order chi connectivity index (χ1) is 9.79. The van der Waals surface area contributed by atoms with Gasteiger partial charge in [0.2, 0.25) is 11.9 Å². The Morgan fingerprint density at radius 2 is 2.35 bits per heavy atom. The van der Waals surface area contributed by atoms with Crippen LogP contribution in [0.4, 0.5) is 5.95 Å². The van der Waals surface area contributed by atoms with E-state index in [9.17, 15) is 4.79 Å². The third-order valence-corrected chi connectivity index (χ3v) is 3.55. The zero-order valence-electron chi connectivity index (χ0n) is 11.5. The van der Waals surface area contributed by atoms with E-state index in [1.807, 2.05) is 36.1 Å². The minimum Gasteiger partial charge on any atom is -0.355 e. The van der Waals surface area contributed by atoms with Crippen molar-refractivity contribution in [1.82, 2.24) is 20.6 Å². The molecule has 0 aliphatic carbocycles. The fourth-order valence-electron chi connectivity index (χ4n) is 2.56. The number of likely N-dealkylation sites (N-methyl/N-ethyl adjacent to an activating group) is 1. The van der Waals surface area contributed by atoms with Gasteiger partial charge in [0.1, 0.15) is 6.04 Å². The third-order valence-electron chi connectivity index (χ3n) is 3.55. The summed E-state index contributed by atoms with van der Waals surface area (Å²) >= 11 is 0. The second-order valence-corrected chi connectivity index (χ2v) is 4.89. The van der Waals surface area contributed by atoms with E-state index < -0.39 is 0 Å². The molecule has 1 fully saturated rings. The van der Waals surface area contributed by atoms with Crippen molar-refractivity contribution in [2.45, 2.75) is 13.0 Å². The molecule has 1 aliphatic rings. The van der Waals surface area contributed by atoms with E-state index in [2.05, 4.69) is 20.6 Å². The van der Waals surface area contributed by atoms with Crippen molar-refractivity contribution < 1.29 is 4.79 Å². The van der Waals surface area contributed by atoms with Crippen molar-refractivity contribution in [2.24, 2.45) is 0 Å². The first-order valence-corrected chi connectivity index (χ1v) is 6.99. The molecule has 0 radical (unpaired) electrons. The van der Waals surface area contributed by atoms with Crippen LogP contribution in [-0.2, 0) is 4.79 Å². The quantitative estimate of drug-likeness (QED) is 0.760. The average molecular weight is 273 g/mol. The summed E-state index contributed by atoms with van der Waals surface area (Å²) in [5.74, 6) is 0.809. The Morgan fingerprint density at radius 3 is 3.15 bits per heavy atom. The van der Waals surface area contributed by atoms with E-state index in [4.69, 9.17) is 0 Å². The largest absolute Gasteiger partial charge is 0.355 e. The van der Waals surface area contributed by atoms with E-state index in [1.54, 1.807) is 0 Å². The molecular weight excluding hydrogens is 254 g/mol. The first-order valence-electron chi connectivity index (χ1n) is 6.99. The van der Waals surface area contributed by atoms with Gasteiger partial charge in [-0.25, -0.2) is 4.98 Å². The van der Waals surface area contributed by atoms with Gasteiger partial charge in [-0.1, -0.05) is 12.1 Å². The summed E-state index contributed by atoms with van der Waals surface area (Å²) in [6.45, 7) is 4.83. The van der Waals surface area contributed by atoms with Gasteiger partial charge < -0.3 is 20.5 Å². The van der Waals surface area contributed by atoms with Gasteiger partial charge in [0.05, 0.1) is 11.0 Å². The maximum atomic E-state index is 12.2. The van der Waals surface area contributed by atoms with Gasteiger partial charge in [0.15, 0.2) is 0 Å². The lowest BCUT2D eigenvalue weighted by atomic mass is 10.2. The van der Waals surface area contributed by atoms with Crippen molar-refractivity contribution in [2.75, 3.05) is 31.1 Å². The standard InChI is InChI=1S/C14H19N5O/c1-2-16-13(20)12-9-15-7-8-19(12)14-17-10-5-3-4-6-11(10)18-14/h3-6,12,15H,2,7-9H2,1H3,(H,16,20)(H,17,18). The summed E-state index contributed by atoms with van der Waals surface area (Å²) in [6.07, 6.45) is 0. The van der Waals surface area contributed by atoms with Crippen molar-refractivity contribution in [3.8, 4) is 0 Å². The fraction of sp³-hybridized carbons (Fsp3) is 0.429. The summed E-state index contributed by atoms with van der Waals surface area (Å²) in [4.78, 5) is 22.1. The second kappa shape index (κ2) is 5.50. The molecule has 0 spiro atoms. The Morgan fingerprint density at radius 1 is 1.50 bits per heavy atom.